The van der Waals surface area contributed by atoms with Crippen LogP contribution < -0.4 is 10.5 Å². The van der Waals surface area contributed by atoms with Crippen LogP contribution in [0.4, 0.5) is 4.79 Å². The number of hydrogen-bond donors (Lipinski definition) is 2. The van der Waals surface area contributed by atoms with E-state index in [2.05, 4.69) is 4.98 Å². The number of hydrogen-bond acceptors (Lipinski definition) is 7. The number of fused-ring (bicyclic) bond motifs is 1. The van der Waals surface area contributed by atoms with E-state index in [0.717, 1.165) is 0 Å². The fourth-order valence-electron chi connectivity index (χ4n) is 3.57. The first-order valence-electron chi connectivity index (χ1n) is 10.5. The highest BCUT2D eigenvalue weighted by atomic mass is 16.6. The third-order valence-corrected chi connectivity index (χ3v) is 5.29. The Bertz CT molecular complexity index is 1080. The monoisotopic (exact) mass is 458 g/mol. The second-order valence-corrected chi connectivity index (χ2v) is 7.49. The minimum Gasteiger partial charge on any atom is -0.479 e. The molecular weight excluding hydrogens is 432 g/mol. The third-order valence-electron chi connectivity index (χ3n) is 5.29. The predicted molar refractivity (Wildman–Crippen MR) is 117 cm³/mol. The summed E-state index contributed by atoms with van der Waals surface area (Å²) in [6, 6.07) is 6.73. The zero-order valence-corrected chi connectivity index (χ0v) is 18.4. The normalized spacial score (nSPS) is 14.6. The molecule has 0 spiro atoms. The second-order valence-electron chi connectivity index (χ2n) is 7.49. The number of carboxylic acid groups (broad SMARTS) is 1. The predicted octanol–water partition coefficient (Wildman–Crippen LogP) is 1.03. The number of nitrogens with two attached hydrogens (primary N) is 1. The summed E-state index contributed by atoms with van der Waals surface area (Å²) in [7, 11) is 0. The maximum Gasteiger partial charge on any atom is 0.409 e. The van der Waals surface area contributed by atoms with Crippen LogP contribution in [-0.2, 0) is 20.7 Å². The van der Waals surface area contributed by atoms with E-state index in [9.17, 15) is 24.3 Å². The van der Waals surface area contributed by atoms with Gasteiger partial charge in [0.1, 0.15) is 11.3 Å². The molecule has 3 rings (SSSR count). The lowest BCUT2D eigenvalue weighted by Crippen LogP contribution is -2.51. The third kappa shape index (κ3) is 5.30. The molecule has 1 aliphatic rings. The number of carboxylic acids is 1. The summed E-state index contributed by atoms with van der Waals surface area (Å²) >= 11 is 0. The largest absolute Gasteiger partial charge is 0.479 e. The molecule has 0 aliphatic carbocycles. The van der Waals surface area contributed by atoms with Crippen LogP contribution >= 0.6 is 0 Å². The van der Waals surface area contributed by atoms with E-state index in [1.54, 1.807) is 36.1 Å². The Morgan fingerprint density at radius 3 is 2.36 bits per heavy atom. The second kappa shape index (κ2) is 10.2. The van der Waals surface area contributed by atoms with Crippen molar-refractivity contribution in [3.8, 4) is 5.75 Å². The van der Waals surface area contributed by atoms with Gasteiger partial charge < -0.3 is 30.1 Å². The molecule has 0 bridgehead atoms. The van der Waals surface area contributed by atoms with Gasteiger partial charge in [0, 0.05) is 31.6 Å². The zero-order valence-electron chi connectivity index (χ0n) is 18.4. The van der Waals surface area contributed by atoms with Gasteiger partial charge in [-0.25, -0.2) is 9.59 Å². The number of amides is 3. The number of para-hydroxylation sites is 1. The van der Waals surface area contributed by atoms with Crippen LogP contribution in [0.1, 0.15) is 29.9 Å². The van der Waals surface area contributed by atoms with Crippen molar-refractivity contribution in [2.24, 2.45) is 5.73 Å². The number of nitrogens with zero attached hydrogens (tertiary/aromatic N) is 3. The topological polar surface area (TPSA) is 152 Å². The summed E-state index contributed by atoms with van der Waals surface area (Å²) in [6.07, 6.45) is -1.92. The lowest BCUT2D eigenvalue weighted by atomic mass is 10.0. The first kappa shape index (κ1) is 23.8. The van der Waals surface area contributed by atoms with E-state index < -0.39 is 24.1 Å². The summed E-state index contributed by atoms with van der Waals surface area (Å²) in [5.41, 5.74) is 6.02. The van der Waals surface area contributed by atoms with Crippen LogP contribution in [0.5, 0.6) is 5.75 Å². The summed E-state index contributed by atoms with van der Waals surface area (Å²) in [4.78, 5) is 56.1. The van der Waals surface area contributed by atoms with Crippen molar-refractivity contribution in [2.75, 3.05) is 32.8 Å². The maximum atomic E-state index is 13.0. The molecule has 3 N–H and O–H groups in total. The van der Waals surface area contributed by atoms with Crippen molar-refractivity contribution >= 4 is 34.8 Å². The first-order chi connectivity index (χ1) is 15.7. The molecule has 2 heterocycles. The molecule has 0 radical (unpaired) electrons. The summed E-state index contributed by atoms with van der Waals surface area (Å²) < 4.78 is 10.6. The number of piperazine rings is 1. The molecule has 2 aromatic rings. The van der Waals surface area contributed by atoms with Crippen LogP contribution in [0.2, 0.25) is 0 Å². The van der Waals surface area contributed by atoms with Crippen LogP contribution in [0.3, 0.4) is 0 Å². The summed E-state index contributed by atoms with van der Waals surface area (Å²) in [5.74, 6) is -2.42. The smallest absolute Gasteiger partial charge is 0.409 e. The molecule has 1 fully saturated rings. The molecule has 1 saturated heterocycles. The van der Waals surface area contributed by atoms with E-state index in [-0.39, 0.29) is 35.9 Å². The van der Waals surface area contributed by atoms with Crippen molar-refractivity contribution in [3.05, 3.63) is 35.5 Å². The quantitative estimate of drug-likeness (QED) is 0.624. The Hall–Kier alpha value is -3.89. The molecule has 33 heavy (non-hydrogen) atoms. The molecule has 176 valence electrons. The van der Waals surface area contributed by atoms with E-state index in [1.807, 2.05) is 0 Å². The minimum atomic E-state index is -1.26. The molecule has 1 aliphatic heterocycles. The number of pyridine rings is 1. The number of primary amides is 1. The number of aliphatic carboxylic acids is 1. The van der Waals surface area contributed by atoms with Gasteiger partial charge in [0.15, 0.2) is 6.10 Å². The van der Waals surface area contributed by atoms with Gasteiger partial charge in [0.25, 0.3) is 5.91 Å². The molecule has 1 aromatic heterocycles. The van der Waals surface area contributed by atoms with Crippen molar-refractivity contribution in [1.29, 1.82) is 0 Å². The number of benzene rings is 1. The van der Waals surface area contributed by atoms with Crippen LogP contribution in [-0.4, -0.2) is 82.7 Å². The SMILES string of the molecule is CCOC(=O)N1CCN(C(=O)Cc2nc3ccccc3c(OC(C)C(=O)O)c2C(N)=O)CC1. The van der Waals surface area contributed by atoms with Crippen LogP contribution in [0.25, 0.3) is 10.9 Å². The van der Waals surface area contributed by atoms with E-state index in [4.69, 9.17) is 15.2 Å². The van der Waals surface area contributed by atoms with E-state index in [1.165, 1.54) is 11.8 Å². The van der Waals surface area contributed by atoms with Crippen LogP contribution in [0, 0.1) is 0 Å². The number of carbonyl (C=O) groups excluding carboxylic acids is 3. The van der Waals surface area contributed by atoms with Crippen molar-refractivity contribution in [3.63, 3.8) is 0 Å². The van der Waals surface area contributed by atoms with E-state index >= 15 is 0 Å². The van der Waals surface area contributed by atoms with Crippen molar-refractivity contribution in [1.82, 2.24) is 14.8 Å². The summed E-state index contributed by atoms with van der Waals surface area (Å²) in [6.45, 7) is 4.57. The van der Waals surface area contributed by atoms with Gasteiger partial charge >= 0.3 is 12.1 Å². The zero-order chi connectivity index (χ0) is 24.1. The number of aromatic nitrogens is 1. The minimum absolute atomic E-state index is 0.0158. The Balaban J connectivity index is 1.89. The number of ether oxygens (including phenoxy) is 2. The molecule has 11 nitrogen and oxygen atoms in total. The van der Waals surface area contributed by atoms with Crippen molar-refractivity contribution < 1.29 is 33.8 Å². The molecule has 3 amide bonds. The van der Waals surface area contributed by atoms with Gasteiger partial charge in [0.2, 0.25) is 5.91 Å². The lowest BCUT2D eigenvalue weighted by molar-refractivity contribution is -0.144. The molecule has 1 atom stereocenters. The van der Waals surface area contributed by atoms with Gasteiger partial charge in [0.05, 0.1) is 24.2 Å². The van der Waals surface area contributed by atoms with Gasteiger partial charge in [-0.05, 0) is 26.0 Å². The van der Waals surface area contributed by atoms with Gasteiger partial charge in [-0.1, -0.05) is 12.1 Å². The Morgan fingerprint density at radius 1 is 1.12 bits per heavy atom. The molecule has 1 aromatic carbocycles. The molecule has 0 saturated carbocycles. The molecule has 11 heteroatoms. The highest BCUT2D eigenvalue weighted by molar-refractivity contribution is 6.04. The average Bonchev–Trinajstić information content (AvgIpc) is 2.78. The van der Waals surface area contributed by atoms with Crippen LogP contribution in [0.15, 0.2) is 24.3 Å². The maximum absolute atomic E-state index is 13.0. The summed E-state index contributed by atoms with van der Waals surface area (Å²) in [5, 5.41) is 9.68. The first-order valence-corrected chi connectivity index (χ1v) is 10.5. The Labute approximate surface area is 190 Å². The number of carbonyl (C=O) groups is 4. The average molecular weight is 458 g/mol. The fraction of sp³-hybridized carbons (Fsp3) is 0.409. The fourth-order valence-corrected chi connectivity index (χ4v) is 3.57. The van der Waals surface area contributed by atoms with Gasteiger partial charge in [-0.3, -0.25) is 14.6 Å². The van der Waals surface area contributed by atoms with E-state index in [0.29, 0.717) is 37.1 Å². The molecular formula is C22H26N4O7. The van der Waals surface area contributed by atoms with Crippen molar-refractivity contribution in [2.45, 2.75) is 26.4 Å². The standard InChI is InChI=1S/C22H26N4O7/c1-3-32-22(31)26-10-8-25(9-11-26)17(27)12-16-18(20(23)28)19(33-13(2)21(29)30)14-6-4-5-7-15(14)24-16/h4-7,13H,3,8-12H2,1-2H3,(H2,23,28)(H,29,30). The van der Waals surface area contributed by atoms with Gasteiger partial charge in [-0.2, -0.15) is 0 Å². The highest BCUT2D eigenvalue weighted by Gasteiger charge is 2.29. The Kier molecular flexibility index (Phi) is 7.31. The molecule has 1 unspecified atom stereocenters. The number of rotatable bonds is 7. The highest BCUT2D eigenvalue weighted by Crippen LogP contribution is 2.32. The lowest BCUT2D eigenvalue weighted by Gasteiger charge is -2.34. The van der Waals surface area contributed by atoms with Gasteiger partial charge in [-0.15, -0.1) is 0 Å². The Morgan fingerprint density at radius 2 is 1.76 bits per heavy atom.